The molecule has 138 valence electrons. The summed E-state index contributed by atoms with van der Waals surface area (Å²) in [5, 5.41) is 5.56. The number of rotatable bonds is 8. The molecule has 0 amide bonds. The quantitative estimate of drug-likeness (QED) is 0.588. The Hall–Kier alpha value is -2.31. The van der Waals surface area contributed by atoms with Gasteiger partial charge in [0.1, 0.15) is 6.61 Å². The van der Waals surface area contributed by atoms with E-state index in [0.717, 1.165) is 34.3 Å². The molecule has 1 N–H and O–H groups in total. The average Bonchev–Trinajstić information content (AvgIpc) is 3.22. The van der Waals surface area contributed by atoms with Gasteiger partial charge in [0.25, 0.3) is 0 Å². The number of imidazole rings is 1. The molecule has 3 aromatic rings. The van der Waals surface area contributed by atoms with E-state index >= 15 is 0 Å². The molecule has 0 bridgehead atoms. The molecule has 0 radical (unpaired) electrons. The van der Waals surface area contributed by atoms with Gasteiger partial charge in [0.05, 0.1) is 12.8 Å². The lowest BCUT2D eigenvalue weighted by Crippen LogP contribution is -2.18. The minimum absolute atomic E-state index is 0.168. The molecule has 0 aliphatic heterocycles. The second-order valence-electron chi connectivity index (χ2n) is 6.44. The third-order valence-corrected chi connectivity index (χ3v) is 4.90. The van der Waals surface area contributed by atoms with Crippen molar-refractivity contribution < 1.29 is 9.47 Å². The second kappa shape index (κ2) is 8.38. The van der Waals surface area contributed by atoms with Crippen LogP contribution in [0.4, 0.5) is 0 Å². The molecule has 3 rings (SSSR count). The third-order valence-electron chi connectivity index (χ3n) is 4.13. The molecule has 0 aliphatic carbocycles. The zero-order valence-corrected chi connectivity index (χ0v) is 16.5. The first-order valence-corrected chi connectivity index (χ1v) is 9.53. The van der Waals surface area contributed by atoms with E-state index in [9.17, 15) is 0 Å². The number of benzene rings is 1. The van der Waals surface area contributed by atoms with E-state index in [-0.39, 0.29) is 6.04 Å². The topological polar surface area (TPSA) is 47.8 Å². The number of allylic oxidation sites excluding steroid dienone is 1. The number of ether oxygens (including phenoxy) is 2. The van der Waals surface area contributed by atoms with Gasteiger partial charge in [0, 0.05) is 30.4 Å². The van der Waals surface area contributed by atoms with E-state index in [1.54, 1.807) is 18.4 Å². The molecule has 1 aromatic carbocycles. The SMILES string of the molecule is COc1cc(CN[C@H](C)c2cn3ccsc3n2)ccc1OCC=C(C)C. The normalized spacial score (nSPS) is 12.2. The lowest BCUT2D eigenvalue weighted by atomic mass is 10.1. The molecule has 0 saturated carbocycles. The van der Waals surface area contributed by atoms with E-state index in [1.807, 2.05) is 29.8 Å². The summed E-state index contributed by atoms with van der Waals surface area (Å²) in [6.45, 7) is 7.52. The fourth-order valence-corrected chi connectivity index (χ4v) is 3.28. The highest BCUT2D eigenvalue weighted by Crippen LogP contribution is 2.28. The standard InChI is InChI=1S/C20H25N3O2S/c1-14(2)7-9-25-18-6-5-16(11-19(18)24-4)12-21-15(3)17-13-23-8-10-26-20(23)22-17/h5-8,10-11,13,15,21H,9,12H2,1-4H3/t15-/m1/s1. The Labute approximate surface area is 158 Å². The van der Waals surface area contributed by atoms with Crippen molar-refractivity contribution in [2.24, 2.45) is 0 Å². The monoisotopic (exact) mass is 371 g/mol. The summed E-state index contributed by atoms with van der Waals surface area (Å²) < 4.78 is 13.3. The fourth-order valence-electron chi connectivity index (χ4n) is 2.57. The lowest BCUT2D eigenvalue weighted by molar-refractivity contribution is 0.325. The fraction of sp³-hybridized carbons (Fsp3) is 0.350. The van der Waals surface area contributed by atoms with Crippen molar-refractivity contribution >= 4 is 16.3 Å². The molecule has 2 aromatic heterocycles. The third kappa shape index (κ3) is 4.45. The van der Waals surface area contributed by atoms with Crippen molar-refractivity contribution in [2.45, 2.75) is 33.4 Å². The van der Waals surface area contributed by atoms with Crippen LogP contribution in [0.1, 0.15) is 38.1 Å². The van der Waals surface area contributed by atoms with Gasteiger partial charge in [-0.2, -0.15) is 0 Å². The highest BCUT2D eigenvalue weighted by Gasteiger charge is 2.11. The van der Waals surface area contributed by atoms with Crippen LogP contribution in [0, 0.1) is 0 Å². The molecule has 5 nitrogen and oxygen atoms in total. The van der Waals surface area contributed by atoms with Crippen LogP contribution >= 0.6 is 11.3 Å². The van der Waals surface area contributed by atoms with Gasteiger partial charge in [-0.05, 0) is 44.5 Å². The van der Waals surface area contributed by atoms with E-state index in [2.05, 4.69) is 47.7 Å². The van der Waals surface area contributed by atoms with Crippen LogP contribution in [0.15, 0.2) is 47.6 Å². The van der Waals surface area contributed by atoms with Crippen molar-refractivity contribution in [1.82, 2.24) is 14.7 Å². The van der Waals surface area contributed by atoms with Crippen LogP contribution in [-0.4, -0.2) is 23.1 Å². The Balaban J connectivity index is 1.62. The van der Waals surface area contributed by atoms with Crippen molar-refractivity contribution in [2.75, 3.05) is 13.7 Å². The predicted octanol–water partition coefficient (Wildman–Crippen LogP) is 4.60. The van der Waals surface area contributed by atoms with Gasteiger partial charge < -0.3 is 14.8 Å². The van der Waals surface area contributed by atoms with E-state index in [0.29, 0.717) is 6.61 Å². The first-order valence-electron chi connectivity index (χ1n) is 8.65. The minimum atomic E-state index is 0.168. The highest BCUT2D eigenvalue weighted by atomic mass is 32.1. The second-order valence-corrected chi connectivity index (χ2v) is 7.31. The molecule has 6 heteroatoms. The summed E-state index contributed by atoms with van der Waals surface area (Å²) in [6, 6.07) is 6.21. The number of fused-ring (bicyclic) bond motifs is 1. The van der Waals surface area contributed by atoms with Gasteiger partial charge in [-0.25, -0.2) is 4.98 Å². The number of aromatic nitrogens is 2. The van der Waals surface area contributed by atoms with Crippen LogP contribution in [0.25, 0.3) is 4.96 Å². The zero-order chi connectivity index (χ0) is 18.5. The zero-order valence-electron chi connectivity index (χ0n) is 15.7. The maximum Gasteiger partial charge on any atom is 0.193 e. The Morgan fingerprint density at radius 1 is 1.35 bits per heavy atom. The summed E-state index contributed by atoms with van der Waals surface area (Å²) in [7, 11) is 1.67. The minimum Gasteiger partial charge on any atom is -0.493 e. The maximum absolute atomic E-state index is 5.78. The maximum atomic E-state index is 5.78. The van der Waals surface area contributed by atoms with E-state index in [4.69, 9.17) is 9.47 Å². The molecule has 0 unspecified atom stereocenters. The number of hydrogen-bond donors (Lipinski definition) is 1. The molecule has 2 heterocycles. The molecular formula is C20H25N3O2S. The number of thiazole rings is 1. The summed E-state index contributed by atoms with van der Waals surface area (Å²) in [6.07, 6.45) is 6.15. The number of methoxy groups -OCH3 is 1. The Morgan fingerprint density at radius 3 is 2.92 bits per heavy atom. The van der Waals surface area contributed by atoms with Gasteiger partial charge in [-0.3, -0.25) is 4.40 Å². The van der Waals surface area contributed by atoms with Gasteiger partial charge >= 0.3 is 0 Å². The average molecular weight is 372 g/mol. The van der Waals surface area contributed by atoms with Gasteiger partial charge in [0.15, 0.2) is 16.5 Å². The molecule has 0 saturated heterocycles. The van der Waals surface area contributed by atoms with Crippen molar-refractivity contribution in [3.05, 3.63) is 58.9 Å². The first kappa shape index (κ1) is 18.5. The van der Waals surface area contributed by atoms with Gasteiger partial charge in [-0.15, -0.1) is 11.3 Å². The molecule has 26 heavy (non-hydrogen) atoms. The summed E-state index contributed by atoms with van der Waals surface area (Å²) >= 11 is 1.64. The number of nitrogens with one attached hydrogen (secondary N) is 1. The highest BCUT2D eigenvalue weighted by molar-refractivity contribution is 7.15. The van der Waals surface area contributed by atoms with Crippen LogP contribution in [0.3, 0.4) is 0 Å². The lowest BCUT2D eigenvalue weighted by Gasteiger charge is -2.14. The van der Waals surface area contributed by atoms with Crippen molar-refractivity contribution in [1.29, 1.82) is 0 Å². The van der Waals surface area contributed by atoms with Gasteiger partial charge in [0.2, 0.25) is 0 Å². The predicted molar refractivity (Wildman–Crippen MR) is 106 cm³/mol. The molecule has 1 atom stereocenters. The van der Waals surface area contributed by atoms with Crippen molar-refractivity contribution in [3.8, 4) is 11.5 Å². The summed E-state index contributed by atoms with van der Waals surface area (Å²) in [5.41, 5.74) is 3.42. The van der Waals surface area contributed by atoms with E-state index < -0.39 is 0 Å². The Morgan fingerprint density at radius 2 is 2.19 bits per heavy atom. The summed E-state index contributed by atoms with van der Waals surface area (Å²) in [5.74, 6) is 1.51. The largest absolute Gasteiger partial charge is 0.493 e. The smallest absolute Gasteiger partial charge is 0.193 e. The molecule has 0 spiro atoms. The van der Waals surface area contributed by atoms with Crippen LogP contribution in [0.5, 0.6) is 11.5 Å². The number of nitrogens with zero attached hydrogens (tertiary/aromatic N) is 2. The van der Waals surface area contributed by atoms with Crippen molar-refractivity contribution in [3.63, 3.8) is 0 Å². The molecule has 0 fully saturated rings. The van der Waals surface area contributed by atoms with E-state index in [1.165, 1.54) is 5.57 Å². The van der Waals surface area contributed by atoms with Gasteiger partial charge in [-0.1, -0.05) is 11.6 Å². The number of hydrogen-bond acceptors (Lipinski definition) is 5. The Bertz CT molecular complexity index is 865. The molecular weight excluding hydrogens is 346 g/mol. The summed E-state index contributed by atoms with van der Waals surface area (Å²) in [4.78, 5) is 5.67. The van der Waals surface area contributed by atoms with Crippen LogP contribution < -0.4 is 14.8 Å². The molecule has 0 aliphatic rings. The van der Waals surface area contributed by atoms with Crippen LogP contribution in [-0.2, 0) is 6.54 Å². The van der Waals surface area contributed by atoms with Crippen LogP contribution in [0.2, 0.25) is 0 Å². The first-order chi connectivity index (χ1) is 12.6. The Kier molecular flexibility index (Phi) is 5.96.